The number of carboxylic acids is 1. The van der Waals surface area contributed by atoms with Crippen LogP contribution in [-0.2, 0) is 27.0 Å². The van der Waals surface area contributed by atoms with Crippen LogP contribution in [-0.4, -0.2) is 75.0 Å². The van der Waals surface area contributed by atoms with Crippen LogP contribution >= 0.6 is 0 Å². The van der Waals surface area contributed by atoms with Gasteiger partial charge >= 0.3 is 18.6 Å². The Hall–Kier alpha value is -2.31. The maximum Gasteiger partial charge on any atom is 0.387 e. The number of para-hydroxylation sites is 1. The molecule has 3 unspecified atom stereocenters. The highest BCUT2D eigenvalue weighted by Crippen LogP contribution is 2.24. The highest BCUT2D eigenvalue weighted by atomic mass is 32.2. The van der Waals surface area contributed by atoms with Crippen LogP contribution in [0.4, 0.5) is 13.6 Å². The van der Waals surface area contributed by atoms with E-state index in [1.54, 1.807) is 0 Å². The van der Waals surface area contributed by atoms with Crippen LogP contribution in [0.5, 0.6) is 5.75 Å². The smallest absolute Gasteiger partial charge is 0.387 e. The third kappa shape index (κ3) is 6.11. The van der Waals surface area contributed by atoms with Gasteiger partial charge in [-0.15, -0.1) is 0 Å². The Labute approximate surface area is 161 Å². The predicted octanol–water partition coefficient (Wildman–Crippen LogP) is 0.573. The van der Waals surface area contributed by atoms with Gasteiger partial charge in [0.25, 0.3) is 0 Å². The van der Waals surface area contributed by atoms with Gasteiger partial charge in [0.2, 0.25) is 0 Å². The van der Waals surface area contributed by atoms with Crippen LogP contribution in [0.1, 0.15) is 5.56 Å². The van der Waals surface area contributed by atoms with E-state index in [0.29, 0.717) is 0 Å². The lowest BCUT2D eigenvalue weighted by Gasteiger charge is -2.31. The average molecular weight is 421 g/mol. The molecule has 1 aliphatic heterocycles. The molecule has 156 valence electrons. The van der Waals surface area contributed by atoms with Gasteiger partial charge in [-0.3, -0.25) is 4.21 Å². The number of carbonyl (C=O) groups is 2. The highest BCUT2D eigenvalue weighted by Gasteiger charge is 2.33. The molecule has 0 spiro atoms. The fourth-order valence-electron chi connectivity index (χ4n) is 2.70. The molecule has 12 heteroatoms. The summed E-state index contributed by atoms with van der Waals surface area (Å²) in [7, 11) is 0. The van der Waals surface area contributed by atoms with Crippen molar-refractivity contribution in [3.05, 3.63) is 29.8 Å². The predicted molar refractivity (Wildman–Crippen MR) is 91.8 cm³/mol. The summed E-state index contributed by atoms with van der Waals surface area (Å²) in [5.74, 6) is -1.83. The Bertz CT molecular complexity index is 716. The Morgan fingerprint density at radius 2 is 1.96 bits per heavy atom. The Morgan fingerprint density at radius 3 is 2.54 bits per heavy atom. The molecule has 9 nitrogen and oxygen atoms in total. The number of benzene rings is 1. The summed E-state index contributed by atoms with van der Waals surface area (Å²) in [6.07, 6.45) is -0.445. The zero-order chi connectivity index (χ0) is 20.7. The first kappa shape index (κ1) is 22.0. The van der Waals surface area contributed by atoms with E-state index < -0.39 is 47.4 Å². The average Bonchev–Trinajstić information content (AvgIpc) is 2.65. The molecule has 1 fully saturated rings. The van der Waals surface area contributed by atoms with Crippen molar-refractivity contribution in [3.8, 4) is 5.75 Å². The van der Waals surface area contributed by atoms with Crippen molar-refractivity contribution in [2.24, 2.45) is 0 Å². The molecule has 1 heterocycles. The van der Waals surface area contributed by atoms with Crippen molar-refractivity contribution >= 4 is 23.1 Å². The minimum Gasteiger partial charge on any atom is -0.772 e. The number of hydrogen-bond acceptors (Lipinski definition) is 6. The molecule has 0 radical (unpaired) electrons. The van der Waals surface area contributed by atoms with Gasteiger partial charge < -0.3 is 29.3 Å². The number of rotatable bonds is 8. The van der Waals surface area contributed by atoms with Gasteiger partial charge in [-0.25, -0.2) is 9.59 Å². The molecule has 0 aromatic heterocycles. The number of alkyl halides is 2. The van der Waals surface area contributed by atoms with Crippen LogP contribution in [0.25, 0.3) is 0 Å². The number of carbonyl (C=O) groups excluding carboxylic acids is 1. The molecule has 1 aromatic rings. The minimum absolute atomic E-state index is 0.0730. The van der Waals surface area contributed by atoms with E-state index in [0.717, 1.165) is 0 Å². The molecule has 0 bridgehead atoms. The minimum atomic E-state index is -3.13. The highest BCUT2D eigenvalue weighted by molar-refractivity contribution is 7.79. The quantitative estimate of drug-likeness (QED) is 0.588. The van der Waals surface area contributed by atoms with Gasteiger partial charge in [0.15, 0.2) is 0 Å². The fraction of sp³-hybridized carbons (Fsp3) is 0.500. The first-order valence-corrected chi connectivity index (χ1v) is 9.40. The van der Waals surface area contributed by atoms with Crippen LogP contribution in [0, 0.1) is 0 Å². The normalized spacial score (nSPS) is 17.6. The Balaban J connectivity index is 2.20. The summed E-state index contributed by atoms with van der Waals surface area (Å²) in [6.45, 7) is -2.11. The first-order chi connectivity index (χ1) is 13.3. The van der Waals surface area contributed by atoms with Crippen molar-refractivity contribution in [2.75, 3.05) is 26.3 Å². The maximum absolute atomic E-state index is 12.6. The number of aliphatic carboxylic acids is 1. The molecule has 0 saturated carbocycles. The number of carboxylic acid groups (broad SMARTS) is 1. The number of halogens is 2. The second kappa shape index (κ2) is 10.3. The topological polar surface area (TPSA) is 128 Å². The number of nitrogens with zero attached hydrogens (tertiary/aromatic N) is 1. The zero-order valence-corrected chi connectivity index (χ0v) is 15.4. The van der Waals surface area contributed by atoms with E-state index in [-0.39, 0.29) is 37.6 Å². The zero-order valence-electron chi connectivity index (χ0n) is 14.6. The number of nitrogens with one attached hydrogen (secondary N) is 1. The van der Waals surface area contributed by atoms with Gasteiger partial charge in [-0.1, -0.05) is 18.2 Å². The molecule has 2 rings (SSSR count). The lowest BCUT2D eigenvalue weighted by molar-refractivity contribution is -0.139. The van der Waals surface area contributed by atoms with Crippen LogP contribution in [0.15, 0.2) is 24.3 Å². The summed E-state index contributed by atoms with van der Waals surface area (Å²) in [5, 5.41) is 10.0. The summed E-state index contributed by atoms with van der Waals surface area (Å²) in [6, 6.07) is 2.92. The van der Waals surface area contributed by atoms with Gasteiger partial charge in [-0.2, -0.15) is 8.78 Å². The number of hydrogen-bond donors (Lipinski definition) is 2. The second-order valence-electron chi connectivity index (χ2n) is 5.85. The summed E-state index contributed by atoms with van der Waals surface area (Å²) < 4.78 is 58.0. The third-order valence-corrected chi connectivity index (χ3v) is 5.01. The molecule has 3 atom stereocenters. The van der Waals surface area contributed by atoms with Crippen molar-refractivity contribution < 1.29 is 41.7 Å². The second-order valence-corrected chi connectivity index (χ2v) is 6.98. The molecule has 1 aromatic carbocycles. The van der Waals surface area contributed by atoms with Crippen molar-refractivity contribution in [1.82, 2.24) is 10.2 Å². The lowest BCUT2D eigenvalue weighted by atomic mass is 10.0. The van der Waals surface area contributed by atoms with Crippen LogP contribution in [0.3, 0.4) is 0 Å². The fourth-order valence-corrected chi connectivity index (χ4v) is 3.42. The first-order valence-electron chi connectivity index (χ1n) is 8.26. The number of ether oxygens (including phenoxy) is 2. The van der Waals surface area contributed by atoms with E-state index >= 15 is 0 Å². The largest absolute Gasteiger partial charge is 0.772 e. The van der Waals surface area contributed by atoms with Crippen molar-refractivity contribution in [2.45, 2.75) is 24.3 Å². The maximum atomic E-state index is 12.6. The molecule has 2 N–H and O–H groups in total. The molecule has 2 amide bonds. The monoisotopic (exact) mass is 421 g/mol. The molecule has 1 aliphatic rings. The van der Waals surface area contributed by atoms with Crippen molar-refractivity contribution in [3.63, 3.8) is 0 Å². The van der Waals surface area contributed by atoms with Crippen LogP contribution < -0.4 is 10.1 Å². The van der Waals surface area contributed by atoms with Crippen LogP contribution in [0.2, 0.25) is 0 Å². The summed E-state index contributed by atoms with van der Waals surface area (Å²) in [5.41, 5.74) is 0.0730. The van der Waals surface area contributed by atoms with Gasteiger partial charge in [-0.05, 0) is 29.1 Å². The van der Waals surface area contributed by atoms with E-state index in [1.807, 2.05) is 0 Å². The molecule has 0 aliphatic carbocycles. The van der Waals surface area contributed by atoms with E-state index in [2.05, 4.69) is 10.1 Å². The van der Waals surface area contributed by atoms with Gasteiger partial charge in [0.05, 0.1) is 18.5 Å². The molecule has 28 heavy (non-hydrogen) atoms. The molecule has 1 saturated heterocycles. The number of urea groups is 1. The summed E-state index contributed by atoms with van der Waals surface area (Å²) >= 11 is -2.93. The van der Waals surface area contributed by atoms with E-state index in [4.69, 9.17) is 4.74 Å². The SMILES string of the molecule is O=C(O)C(NC(=O)N1CCOCC1)C(Cc1ccccc1OC(F)F)S(=O)[O-]. The lowest BCUT2D eigenvalue weighted by Crippen LogP contribution is -2.56. The molecular formula is C16H19F2N2O7S-. The van der Waals surface area contributed by atoms with Gasteiger partial charge in [0.1, 0.15) is 11.8 Å². The number of morpholine rings is 1. The third-order valence-electron chi connectivity index (χ3n) is 4.07. The molecular weight excluding hydrogens is 402 g/mol. The standard InChI is InChI=1S/C16H20F2N2O7S/c17-15(18)27-11-4-2-1-3-10(11)9-12(28(24)25)13(14(21)22)19-16(23)20-5-7-26-8-6-20/h1-4,12-13,15H,5-9H2,(H,19,23)(H,21,22)(H,24,25)/p-1. The summed E-state index contributed by atoms with van der Waals surface area (Å²) in [4.78, 5) is 25.2. The number of amides is 2. The Kier molecular flexibility index (Phi) is 8.08. The van der Waals surface area contributed by atoms with Crippen molar-refractivity contribution in [1.29, 1.82) is 0 Å². The Morgan fingerprint density at radius 1 is 1.32 bits per heavy atom. The van der Waals surface area contributed by atoms with Gasteiger partial charge in [0, 0.05) is 13.1 Å². The van der Waals surface area contributed by atoms with E-state index in [1.165, 1.54) is 29.2 Å². The van der Waals surface area contributed by atoms with E-state index in [9.17, 15) is 32.2 Å².